The van der Waals surface area contributed by atoms with Crippen LogP contribution in [0.2, 0.25) is 0 Å². The van der Waals surface area contributed by atoms with Crippen molar-refractivity contribution in [3.63, 3.8) is 0 Å². The molecule has 1 aromatic carbocycles. The normalized spacial score (nSPS) is 7.36. The van der Waals surface area contributed by atoms with E-state index in [9.17, 15) is 0 Å². The van der Waals surface area contributed by atoms with Gasteiger partial charge in [0.15, 0.2) is 0 Å². The SMILES string of the molecule is CC.CNCc1ccccc1.O=CO. The molecule has 14 heavy (non-hydrogen) atoms. The lowest BCUT2D eigenvalue weighted by Crippen LogP contribution is -2.04. The van der Waals surface area contributed by atoms with Crippen LogP contribution in [0.3, 0.4) is 0 Å². The van der Waals surface area contributed by atoms with E-state index in [0.29, 0.717) is 0 Å². The Hall–Kier alpha value is -1.35. The Balaban J connectivity index is 0. The van der Waals surface area contributed by atoms with Gasteiger partial charge in [-0.25, -0.2) is 0 Å². The molecule has 0 heterocycles. The fourth-order valence-corrected chi connectivity index (χ4v) is 0.800. The monoisotopic (exact) mass is 197 g/mol. The second kappa shape index (κ2) is 14.2. The van der Waals surface area contributed by atoms with E-state index >= 15 is 0 Å². The van der Waals surface area contributed by atoms with E-state index in [1.165, 1.54) is 5.56 Å². The Kier molecular flexibility index (Phi) is 15.3. The second-order valence-electron chi connectivity index (χ2n) is 2.12. The zero-order valence-electron chi connectivity index (χ0n) is 9.03. The van der Waals surface area contributed by atoms with E-state index in [-0.39, 0.29) is 6.47 Å². The van der Waals surface area contributed by atoms with E-state index < -0.39 is 0 Å². The van der Waals surface area contributed by atoms with Crippen molar-refractivity contribution in [1.82, 2.24) is 5.32 Å². The summed E-state index contributed by atoms with van der Waals surface area (Å²) in [5.41, 5.74) is 1.33. The average molecular weight is 197 g/mol. The summed E-state index contributed by atoms with van der Waals surface area (Å²) in [4.78, 5) is 8.36. The van der Waals surface area contributed by atoms with Crippen molar-refractivity contribution in [3.05, 3.63) is 35.9 Å². The van der Waals surface area contributed by atoms with Crippen LogP contribution in [-0.4, -0.2) is 18.6 Å². The predicted molar refractivity (Wildman–Crippen MR) is 59.2 cm³/mol. The molecule has 1 rings (SSSR count). The van der Waals surface area contributed by atoms with Gasteiger partial charge in [0, 0.05) is 6.54 Å². The summed E-state index contributed by atoms with van der Waals surface area (Å²) in [5, 5.41) is 9.97. The third kappa shape index (κ3) is 10.7. The van der Waals surface area contributed by atoms with Crippen LogP contribution in [0.1, 0.15) is 19.4 Å². The maximum atomic E-state index is 8.36. The summed E-state index contributed by atoms with van der Waals surface area (Å²) in [5.74, 6) is 0. The Morgan fingerprint density at radius 1 is 1.29 bits per heavy atom. The molecule has 2 N–H and O–H groups in total. The maximum Gasteiger partial charge on any atom is 0.290 e. The molecule has 0 fully saturated rings. The zero-order valence-corrected chi connectivity index (χ0v) is 9.03. The standard InChI is InChI=1S/C8H11N.C2H6.CH2O2/c1-9-7-8-5-3-2-4-6-8;1-2;2-1-3/h2-6,9H,7H2,1H3;1-2H3;1H,(H,2,3). The minimum Gasteiger partial charge on any atom is -0.483 e. The van der Waals surface area contributed by atoms with Crippen molar-refractivity contribution in [2.75, 3.05) is 7.05 Å². The third-order valence-corrected chi connectivity index (χ3v) is 1.22. The molecule has 0 aliphatic carbocycles. The van der Waals surface area contributed by atoms with Crippen LogP contribution < -0.4 is 5.32 Å². The van der Waals surface area contributed by atoms with Crippen LogP contribution in [0, 0.1) is 0 Å². The van der Waals surface area contributed by atoms with E-state index in [4.69, 9.17) is 9.90 Å². The minimum absolute atomic E-state index is 0.250. The zero-order chi connectivity index (χ0) is 11.2. The van der Waals surface area contributed by atoms with Crippen LogP contribution >= 0.6 is 0 Å². The lowest BCUT2D eigenvalue weighted by molar-refractivity contribution is -0.122. The molecule has 0 aliphatic heterocycles. The first-order valence-electron chi connectivity index (χ1n) is 4.61. The first kappa shape index (κ1) is 15.1. The van der Waals surface area contributed by atoms with Crippen molar-refractivity contribution in [2.24, 2.45) is 0 Å². The summed E-state index contributed by atoms with van der Waals surface area (Å²) in [6, 6.07) is 10.3. The van der Waals surface area contributed by atoms with Gasteiger partial charge < -0.3 is 10.4 Å². The highest BCUT2D eigenvalue weighted by Gasteiger charge is 1.83. The summed E-state index contributed by atoms with van der Waals surface area (Å²) in [6.07, 6.45) is 0. The third-order valence-electron chi connectivity index (χ3n) is 1.22. The molecule has 0 radical (unpaired) electrons. The number of carbonyl (C=O) groups is 1. The first-order chi connectivity index (χ1) is 6.85. The Morgan fingerprint density at radius 3 is 2.07 bits per heavy atom. The molecule has 3 nitrogen and oxygen atoms in total. The van der Waals surface area contributed by atoms with Crippen molar-refractivity contribution in [2.45, 2.75) is 20.4 Å². The van der Waals surface area contributed by atoms with Gasteiger partial charge in [-0.3, -0.25) is 4.79 Å². The molecule has 1 aromatic rings. The van der Waals surface area contributed by atoms with Crippen LogP contribution in [0.5, 0.6) is 0 Å². The van der Waals surface area contributed by atoms with Crippen LogP contribution in [0.25, 0.3) is 0 Å². The lowest BCUT2D eigenvalue weighted by Gasteiger charge is -1.95. The van der Waals surface area contributed by atoms with Crippen molar-refractivity contribution in [3.8, 4) is 0 Å². The van der Waals surface area contributed by atoms with Crippen LogP contribution in [0.4, 0.5) is 0 Å². The molecule has 0 bridgehead atoms. The molecule has 0 saturated heterocycles. The molecule has 0 saturated carbocycles. The van der Waals surface area contributed by atoms with Gasteiger partial charge in [-0.2, -0.15) is 0 Å². The number of benzene rings is 1. The van der Waals surface area contributed by atoms with Crippen molar-refractivity contribution < 1.29 is 9.90 Å². The average Bonchev–Trinajstić information content (AvgIpc) is 2.24. The summed E-state index contributed by atoms with van der Waals surface area (Å²) >= 11 is 0. The first-order valence-corrected chi connectivity index (χ1v) is 4.61. The van der Waals surface area contributed by atoms with Gasteiger partial charge in [-0.15, -0.1) is 0 Å². The summed E-state index contributed by atoms with van der Waals surface area (Å²) in [6.45, 7) is 4.71. The largest absolute Gasteiger partial charge is 0.483 e. The lowest BCUT2D eigenvalue weighted by atomic mass is 10.2. The smallest absolute Gasteiger partial charge is 0.290 e. The summed E-state index contributed by atoms with van der Waals surface area (Å²) < 4.78 is 0. The number of nitrogens with one attached hydrogen (secondary N) is 1. The Bertz CT molecular complexity index is 200. The van der Waals surface area contributed by atoms with Gasteiger partial charge in [0.1, 0.15) is 0 Å². The molecule has 80 valence electrons. The molecule has 3 heteroatoms. The quantitative estimate of drug-likeness (QED) is 0.714. The molecular weight excluding hydrogens is 178 g/mol. The van der Waals surface area contributed by atoms with Gasteiger partial charge in [-0.05, 0) is 12.6 Å². The molecular formula is C11H19NO2. The number of hydrogen-bond donors (Lipinski definition) is 2. The molecule has 0 amide bonds. The van der Waals surface area contributed by atoms with Gasteiger partial charge in [-0.1, -0.05) is 44.2 Å². The highest BCUT2D eigenvalue weighted by molar-refractivity contribution is 5.32. The highest BCUT2D eigenvalue weighted by atomic mass is 16.3. The van der Waals surface area contributed by atoms with Crippen LogP contribution in [0.15, 0.2) is 30.3 Å². The minimum atomic E-state index is -0.250. The van der Waals surface area contributed by atoms with E-state index in [2.05, 4.69) is 17.4 Å². The fourth-order valence-electron chi connectivity index (χ4n) is 0.800. The van der Waals surface area contributed by atoms with Gasteiger partial charge in [0.25, 0.3) is 6.47 Å². The predicted octanol–water partition coefficient (Wildman–Crippen LogP) is 2.13. The fraction of sp³-hybridized carbons (Fsp3) is 0.364. The molecule has 0 atom stereocenters. The van der Waals surface area contributed by atoms with Gasteiger partial charge in [0.05, 0.1) is 0 Å². The van der Waals surface area contributed by atoms with E-state index in [0.717, 1.165) is 6.54 Å². The second-order valence-corrected chi connectivity index (χ2v) is 2.12. The highest BCUT2D eigenvalue weighted by Crippen LogP contribution is 1.95. The van der Waals surface area contributed by atoms with E-state index in [1.54, 1.807) is 0 Å². The Morgan fingerprint density at radius 2 is 1.71 bits per heavy atom. The van der Waals surface area contributed by atoms with Gasteiger partial charge >= 0.3 is 0 Å². The summed E-state index contributed by atoms with van der Waals surface area (Å²) in [7, 11) is 1.95. The van der Waals surface area contributed by atoms with Crippen molar-refractivity contribution >= 4 is 6.47 Å². The number of rotatable bonds is 2. The van der Waals surface area contributed by atoms with Crippen molar-refractivity contribution in [1.29, 1.82) is 0 Å². The molecule has 0 aliphatic rings. The van der Waals surface area contributed by atoms with Gasteiger partial charge in [0.2, 0.25) is 0 Å². The molecule has 0 spiro atoms. The molecule has 0 unspecified atom stereocenters. The number of carboxylic acid groups (broad SMARTS) is 1. The molecule has 0 aromatic heterocycles. The topological polar surface area (TPSA) is 49.3 Å². The van der Waals surface area contributed by atoms with Crippen LogP contribution in [-0.2, 0) is 11.3 Å². The van der Waals surface area contributed by atoms with E-state index in [1.807, 2.05) is 39.1 Å². The maximum absolute atomic E-state index is 8.36. The number of hydrogen-bond acceptors (Lipinski definition) is 2. The Labute approximate surface area is 85.8 Å².